The molecule has 0 saturated heterocycles. The van der Waals surface area contributed by atoms with E-state index in [0.29, 0.717) is 5.15 Å². The summed E-state index contributed by atoms with van der Waals surface area (Å²) in [6.07, 6.45) is 5.45. The lowest BCUT2D eigenvalue weighted by Crippen LogP contribution is -2.30. The number of nitrogens with zero attached hydrogens (tertiary/aromatic N) is 1. The Labute approximate surface area is 99.4 Å². The number of halogens is 1. The highest BCUT2D eigenvalue weighted by Crippen LogP contribution is 2.27. The molecule has 0 aliphatic carbocycles. The SMILES string of the molecule is NNC(C1=COCCC1)c1ccnc(Cl)c1. The number of ether oxygens (including phenoxy) is 1. The molecule has 0 fully saturated rings. The standard InChI is InChI=1S/C11H14ClN3O/c12-10-6-8(3-4-14-10)11(15-13)9-2-1-5-16-7-9/h3-4,6-7,11,15H,1-2,5,13H2. The van der Waals surface area contributed by atoms with Crippen LogP contribution in [0.4, 0.5) is 0 Å². The Bertz CT molecular complexity index is 395. The van der Waals surface area contributed by atoms with E-state index >= 15 is 0 Å². The topological polar surface area (TPSA) is 60.2 Å². The van der Waals surface area contributed by atoms with Gasteiger partial charge in [0.05, 0.1) is 18.9 Å². The fourth-order valence-corrected chi connectivity index (χ4v) is 1.99. The molecule has 0 radical (unpaired) electrons. The van der Waals surface area contributed by atoms with E-state index in [2.05, 4.69) is 10.4 Å². The fourth-order valence-electron chi connectivity index (χ4n) is 1.81. The van der Waals surface area contributed by atoms with Gasteiger partial charge in [-0.1, -0.05) is 11.6 Å². The van der Waals surface area contributed by atoms with E-state index in [9.17, 15) is 0 Å². The van der Waals surface area contributed by atoms with Gasteiger partial charge in [-0.25, -0.2) is 10.4 Å². The van der Waals surface area contributed by atoms with E-state index in [0.717, 1.165) is 30.6 Å². The highest BCUT2D eigenvalue weighted by Gasteiger charge is 2.18. The first-order valence-corrected chi connectivity index (χ1v) is 5.57. The molecule has 1 aliphatic heterocycles. The van der Waals surface area contributed by atoms with Crippen molar-refractivity contribution >= 4 is 11.6 Å². The van der Waals surface area contributed by atoms with Crippen molar-refractivity contribution in [3.05, 3.63) is 40.9 Å². The van der Waals surface area contributed by atoms with Crippen molar-refractivity contribution < 1.29 is 4.74 Å². The number of rotatable bonds is 3. The molecule has 2 heterocycles. The highest BCUT2D eigenvalue weighted by molar-refractivity contribution is 6.29. The van der Waals surface area contributed by atoms with Crippen LogP contribution in [0.25, 0.3) is 0 Å². The summed E-state index contributed by atoms with van der Waals surface area (Å²) in [6.45, 7) is 0.776. The zero-order valence-electron chi connectivity index (χ0n) is 8.82. The molecule has 3 N–H and O–H groups in total. The number of hydrogen-bond acceptors (Lipinski definition) is 4. The first-order valence-electron chi connectivity index (χ1n) is 5.19. The van der Waals surface area contributed by atoms with Gasteiger partial charge in [0.25, 0.3) is 0 Å². The average Bonchev–Trinajstić information content (AvgIpc) is 2.31. The molecule has 1 aliphatic rings. The van der Waals surface area contributed by atoms with Gasteiger partial charge in [-0.3, -0.25) is 5.84 Å². The first-order chi connectivity index (χ1) is 7.81. The van der Waals surface area contributed by atoms with Gasteiger partial charge in [0.15, 0.2) is 0 Å². The summed E-state index contributed by atoms with van der Waals surface area (Å²) in [5.74, 6) is 5.58. The van der Waals surface area contributed by atoms with E-state index in [1.807, 2.05) is 12.1 Å². The first kappa shape index (κ1) is 11.4. The maximum Gasteiger partial charge on any atom is 0.129 e. The summed E-state index contributed by atoms with van der Waals surface area (Å²) in [7, 11) is 0. The summed E-state index contributed by atoms with van der Waals surface area (Å²) in [4.78, 5) is 3.95. The van der Waals surface area contributed by atoms with E-state index in [1.165, 1.54) is 0 Å². The summed E-state index contributed by atoms with van der Waals surface area (Å²) in [5.41, 5.74) is 4.92. The van der Waals surface area contributed by atoms with Gasteiger partial charge in [0.1, 0.15) is 5.15 Å². The second-order valence-corrected chi connectivity index (χ2v) is 4.07. The van der Waals surface area contributed by atoms with Gasteiger partial charge in [-0.15, -0.1) is 0 Å². The molecule has 0 aromatic carbocycles. The Hall–Kier alpha value is -1.10. The molecule has 1 aromatic rings. The fraction of sp³-hybridized carbons (Fsp3) is 0.364. The predicted octanol–water partition coefficient (Wildman–Crippen LogP) is 1.93. The molecule has 1 unspecified atom stereocenters. The van der Waals surface area contributed by atoms with Crippen LogP contribution in [0.2, 0.25) is 5.15 Å². The lowest BCUT2D eigenvalue weighted by molar-refractivity contribution is 0.219. The molecule has 2 rings (SSSR count). The van der Waals surface area contributed by atoms with E-state index in [-0.39, 0.29) is 6.04 Å². The molecule has 4 nitrogen and oxygen atoms in total. The lowest BCUT2D eigenvalue weighted by Gasteiger charge is -2.22. The molecule has 16 heavy (non-hydrogen) atoms. The van der Waals surface area contributed by atoms with Crippen LogP contribution in [-0.4, -0.2) is 11.6 Å². The Morgan fingerprint density at radius 1 is 1.56 bits per heavy atom. The molecule has 0 saturated carbocycles. The minimum atomic E-state index is -0.0548. The maximum atomic E-state index is 5.85. The smallest absolute Gasteiger partial charge is 0.129 e. The van der Waals surface area contributed by atoms with Gasteiger partial charge in [0.2, 0.25) is 0 Å². The van der Waals surface area contributed by atoms with E-state index in [1.54, 1.807) is 12.5 Å². The molecule has 0 amide bonds. The van der Waals surface area contributed by atoms with Crippen molar-refractivity contribution in [3.8, 4) is 0 Å². The number of pyridine rings is 1. The predicted molar refractivity (Wildman–Crippen MR) is 62.6 cm³/mol. The normalized spacial score (nSPS) is 17.5. The van der Waals surface area contributed by atoms with Gasteiger partial charge in [-0.05, 0) is 36.1 Å². The van der Waals surface area contributed by atoms with Crippen LogP contribution in [0.15, 0.2) is 30.2 Å². The lowest BCUT2D eigenvalue weighted by atomic mass is 9.97. The maximum absolute atomic E-state index is 5.85. The van der Waals surface area contributed by atoms with Crippen molar-refractivity contribution in [3.63, 3.8) is 0 Å². The Morgan fingerprint density at radius 2 is 2.44 bits per heavy atom. The van der Waals surface area contributed by atoms with Crippen LogP contribution in [0.5, 0.6) is 0 Å². The van der Waals surface area contributed by atoms with Crippen molar-refractivity contribution in [1.82, 2.24) is 10.4 Å². The van der Waals surface area contributed by atoms with Crippen LogP contribution < -0.4 is 11.3 Å². The van der Waals surface area contributed by atoms with Gasteiger partial charge < -0.3 is 4.74 Å². The summed E-state index contributed by atoms with van der Waals surface area (Å²) >= 11 is 5.85. The largest absolute Gasteiger partial charge is 0.501 e. The van der Waals surface area contributed by atoms with Gasteiger partial charge >= 0.3 is 0 Å². The molecule has 86 valence electrons. The van der Waals surface area contributed by atoms with Crippen molar-refractivity contribution in [1.29, 1.82) is 0 Å². The summed E-state index contributed by atoms with van der Waals surface area (Å²) < 4.78 is 5.31. The molecular weight excluding hydrogens is 226 g/mol. The minimum absolute atomic E-state index is 0.0548. The van der Waals surface area contributed by atoms with E-state index in [4.69, 9.17) is 22.2 Å². The molecule has 0 spiro atoms. The zero-order valence-corrected chi connectivity index (χ0v) is 9.57. The van der Waals surface area contributed by atoms with Crippen LogP contribution in [0.1, 0.15) is 24.4 Å². The number of aromatic nitrogens is 1. The second kappa shape index (κ2) is 5.30. The zero-order chi connectivity index (χ0) is 11.4. The Kier molecular flexibility index (Phi) is 3.77. The van der Waals surface area contributed by atoms with Crippen LogP contribution in [0.3, 0.4) is 0 Å². The summed E-state index contributed by atoms with van der Waals surface area (Å²) in [5, 5.41) is 0.468. The van der Waals surface area contributed by atoms with Crippen molar-refractivity contribution in [2.45, 2.75) is 18.9 Å². The van der Waals surface area contributed by atoms with Gasteiger partial charge in [-0.2, -0.15) is 0 Å². The Morgan fingerprint density at radius 3 is 3.06 bits per heavy atom. The van der Waals surface area contributed by atoms with Crippen LogP contribution in [-0.2, 0) is 4.74 Å². The highest BCUT2D eigenvalue weighted by atomic mass is 35.5. The Balaban J connectivity index is 2.25. The van der Waals surface area contributed by atoms with Crippen molar-refractivity contribution in [2.24, 2.45) is 5.84 Å². The van der Waals surface area contributed by atoms with E-state index < -0.39 is 0 Å². The monoisotopic (exact) mass is 239 g/mol. The third-order valence-corrected chi connectivity index (χ3v) is 2.79. The second-order valence-electron chi connectivity index (χ2n) is 3.68. The molecule has 5 heteroatoms. The third-order valence-electron chi connectivity index (χ3n) is 2.58. The number of nitrogens with two attached hydrogens (primary N) is 1. The third kappa shape index (κ3) is 2.52. The number of nitrogens with one attached hydrogen (secondary N) is 1. The quantitative estimate of drug-likeness (QED) is 0.481. The van der Waals surface area contributed by atoms with Crippen molar-refractivity contribution in [2.75, 3.05) is 6.61 Å². The molecule has 1 atom stereocenters. The number of hydrazine groups is 1. The van der Waals surface area contributed by atoms with Gasteiger partial charge in [0, 0.05) is 6.20 Å². The minimum Gasteiger partial charge on any atom is -0.501 e. The number of hydrogen-bond donors (Lipinski definition) is 2. The van der Waals surface area contributed by atoms with Crippen LogP contribution >= 0.6 is 11.6 Å². The molecule has 0 bridgehead atoms. The molecule has 1 aromatic heterocycles. The molecular formula is C11H14ClN3O. The van der Waals surface area contributed by atoms with Crippen LogP contribution in [0, 0.1) is 0 Å². The average molecular weight is 240 g/mol. The summed E-state index contributed by atoms with van der Waals surface area (Å²) in [6, 6.07) is 3.65.